The van der Waals surface area contributed by atoms with E-state index in [1.165, 1.54) is 30.2 Å². The Balaban J connectivity index is 2.70. The summed E-state index contributed by atoms with van der Waals surface area (Å²) >= 11 is 0.0153. The van der Waals surface area contributed by atoms with Gasteiger partial charge in [0.2, 0.25) is 0 Å². The topological polar surface area (TPSA) is 17.1 Å². The molecule has 0 radical (unpaired) electrons. The minimum Gasteiger partial charge on any atom is -0.306 e. The number of aldehydes is 1. The molecule has 0 heterocycles. The average molecular weight is 153 g/mol. The summed E-state index contributed by atoms with van der Waals surface area (Å²) in [6, 6.07) is 0. The standard InChI is InChI=1S/C6H13.C2H3O.Mg/c1-3-5-6-4-2;1-2-3;/h1,3-6H2,2H3;2H,1H2;. The molecule has 10 heavy (non-hydrogen) atoms. The van der Waals surface area contributed by atoms with E-state index < -0.39 is 0 Å². The van der Waals surface area contributed by atoms with Crippen LogP contribution < -0.4 is 0 Å². The second kappa shape index (κ2) is 9.44. The third-order valence-corrected chi connectivity index (χ3v) is 3.32. The summed E-state index contributed by atoms with van der Waals surface area (Å²) in [4.78, 5) is 9.93. The first-order valence-corrected chi connectivity index (χ1v) is 6.35. The predicted molar refractivity (Wildman–Crippen MR) is 45.6 cm³/mol. The molecule has 56 valence electrons. The van der Waals surface area contributed by atoms with Gasteiger partial charge in [-0.05, 0) is 0 Å². The van der Waals surface area contributed by atoms with Crippen LogP contribution in [0.1, 0.15) is 32.6 Å². The molecule has 1 nitrogen and oxygen atoms in total. The largest absolute Gasteiger partial charge is 0.375 e. The fraction of sp³-hybridized carbons (Fsp3) is 0.875. The Morgan fingerprint density at radius 2 is 2.10 bits per heavy atom. The molecule has 0 saturated carbocycles. The van der Waals surface area contributed by atoms with Gasteiger partial charge in [0.05, 0.1) is 6.29 Å². The lowest BCUT2D eigenvalue weighted by molar-refractivity contribution is -0.106. The Morgan fingerprint density at radius 1 is 1.30 bits per heavy atom. The SMILES string of the molecule is CCCCC[CH2][Mg][CH2]C=O. The fourth-order valence-electron chi connectivity index (χ4n) is 1.01. The lowest BCUT2D eigenvalue weighted by Crippen LogP contribution is -1.89. The molecule has 0 aliphatic heterocycles. The van der Waals surface area contributed by atoms with Crippen LogP contribution in [-0.2, 0) is 4.79 Å². The Hall–Kier alpha value is 0.436. The molecule has 0 aromatic rings. The molecule has 0 aromatic carbocycles. The van der Waals surface area contributed by atoms with Gasteiger partial charge in [0.1, 0.15) is 0 Å². The molecule has 0 amide bonds. The first-order valence-electron chi connectivity index (χ1n) is 4.35. The molecular weight excluding hydrogens is 136 g/mol. The smallest absolute Gasteiger partial charge is 0.306 e. The van der Waals surface area contributed by atoms with Gasteiger partial charge in [-0.3, -0.25) is 0 Å². The average Bonchev–Trinajstić information content (AvgIpc) is 1.97. The molecular formula is C8H16MgO. The van der Waals surface area contributed by atoms with E-state index in [-0.39, 0.29) is 20.4 Å². The van der Waals surface area contributed by atoms with E-state index in [2.05, 4.69) is 6.92 Å². The van der Waals surface area contributed by atoms with Gasteiger partial charge < -0.3 is 4.79 Å². The molecule has 0 N–H and O–H groups in total. The molecule has 0 unspecified atom stereocenters. The van der Waals surface area contributed by atoms with Gasteiger partial charge in [0.25, 0.3) is 0 Å². The summed E-state index contributed by atoms with van der Waals surface area (Å²) in [5.41, 5.74) is 0. The van der Waals surface area contributed by atoms with Crippen molar-refractivity contribution in [3.63, 3.8) is 0 Å². The number of rotatable bonds is 7. The molecule has 0 bridgehead atoms. The van der Waals surface area contributed by atoms with Crippen molar-refractivity contribution in [2.45, 2.75) is 41.7 Å². The summed E-state index contributed by atoms with van der Waals surface area (Å²) in [5.74, 6) is 0. The van der Waals surface area contributed by atoms with Gasteiger partial charge >= 0.3 is 20.4 Å². The number of hydrogen-bond acceptors (Lipinski definition) is 1. The van der Waals surface area contributed by atoms with Crippen LogP contribution in [0.3, 0.4) is 0 Å². The van der Waals surface area contributed by atoms with Crippen molar-refractivity contribution in [3.05, 3.63) is 0 Å². The van der Waals surface area contributed by atoms with Crippen molar-refractivity contribution < 1.29 is 4.79 Å². The van der Waals surface area contributed by atoms with Gasteiger partial charge in [0.15, 0.2) is 0 Å². The summed E-state index contributed by atoms with van der Waals surface area (Å²) in [6.45, 7) is 2.23. The Labute approximate surface area is 73.3 Å². The summed E-state index contributed by atoms with van der Waals surface area (Å²) < 4.78 is 2.27. The van der Waals surface area contributed by atoms with Crippen LogP contribution in [0.2, 0.25) is 9.10 Å². The zero-order valence-corrected chi connectivity index (χ0v) is 8.35. The van der Waals surface area contributed by atoms with Crippen LogP contribution in [0.25, 0.3) is 0 Å². The highest BCUT2D eigenvalue weighted by Crippen LogP contribution is 2.02. The van der Waals surface area contributed by atoms with Crippen molar-refractivity contribution in [2.75, 3.05) is 0 Å². The molecule has 0 spiro atoms. The van der Waals surface area contributed by atoms with E-state index in [0.717, 1.165) is 10.8 Å². The number of hydrogen-bond donors (Lipinski definition) is 0. The highest BCUT2D eigenvalue weighted by Gasteiger charge is 1.93. The summed E-state index contributed by atoms with van der Waals surface area (Å²) in [7, 11) is 0. The zero-order valence-electron chi connectivity index (χ0n) is 6.94. The normalized spacial score (nSPS) is 8.90. The Bertz CT molecular complexity index is 73.7. The number of carbonyl (C=O) groups is 1. The van der Waals surface area contributed by atoms with E-state index in [9.17, 15) is 4.79 Å². The highest BCUT2D eigenvalue weighted by atomic mass is 24.5. The number of unbranched alkanes of at least 4 members (excludes halogenated alkanes) is 3. The third-order valence-electron chi connectivity index (χ3n) is 1.68. The van der Waals surface area contributed by atoms with Crippen LogP contribution in [0.15, 0.2) is 0 Å². The van der Waals surface area contributed by atoms with Gasteiger partial charge in [-0.25, -0.2) is 0 Å². The van der Waals surface area contributed by atoms with Crippen molar-refractivity contribution in [3.8, 4) is 0 Å². The predicted octanol–water partition coefficient (Wildman–Crippen LogP) is 2.31. The fourth-order valence-corrected chi connectivity index (χ4v) is 2.17. The first kappa shape index (κ1) is 10.4. The van der Waals surface area contributed by atoms with Crippen molar-refractivity contribution in [1.29, 1.82) is 0 Å². The summed E-state index contributed by atoms with van der Waals surface area (Å²) in [6.07, 6.45) is 6.51. The number of carbonyl (C=O) groups excluding carboxylic acids is 1. The summed E-state index contributed by atoms with van der Waals surface area (Å²) in [5, 5.41) is 0. The van der Waals surface area contributed by atoms with Crippen LogP contribution in [-0.4, -0.2) is 26.7 Å². The molecule has 0 aromatic heterocycles. The lowest BCUT2D eigenvalue weighted by atomic mass is 10.2. The monoisotopic (exact) mass is 152 g/mol. The van der Waals surface area contributed by atoms with Gasteiger partial charge in [-0.15, -0.1) is 4.55 Å². The maximum Gasteiger partial charge on any atom is 0.375 e. The van der Waals surface area contributed by atoms with E-state index in [1.54, 1.807) is 0 Å². The van der Waals surface area contributed by atoms with E-state index >= 15 is 0 Å². The van der Waals surface area contributed by atoms with E-state index in [4.69, 9.17) is 0 Å². The van der Waals surface area contributed by atoms with Gasteiger partial charge in [-0.2, -0.15) is 0 Å². The molecule has 2 heteroatoms. The van der Waals surface area contributed by atoms with Crippen molar-refractivity contribution in [1.82, 2.24) is 0 Å². The molecule has 0 rings (SSSR count). The molecule has 0 aliphatic rings. The third kappa shape index (κ3) is 8.44. The second-order valence-corrected chi connectivity index (χ2v) is 4.71. The van der Waals surface area contributed by atoms with Crippen LogP contribution >= 0.6 is 0 Å². The highest BCUT2D eigenvalue weighted by molar-refractivity contribution is 6.39. The molecule has 0 aliphatic carbocycles. The maximum atomic E-state index is 9.93. The van der Waals surface area contributed by atoms with Crippen LogP contribution in [0.4, 0.5) is 0 Å². The zero-order chi connectivity index (χ0) is 7.66. The van der Waals surface area contributed by atoms with Gasteiger partial charge in [-0.1, -0.05) is 37.2 Å². The van der Waals surface area contributed by atoms with E-state index in [1.807, 2.05) is 0 Å². The molecule has 0 fully saturated rings. The van der Waals surface area contributed by atoms with Gasteiger partial charge in [0, 0.05) is 0 Å². The maximum absolute atomic E-state index is 9.93. The minimum atomic E-state index is 0.0153. The van der Waals surface area contributed by atoms with E-state index in [0.29, 0.717) is 0 Å². The molecule has 0 atom stereocenters. The van der Waals surface area contributed by atoms with Crippen LogP contribution in [0.5, 0.6) is 0 Å². The molecule has 0 saturated heterocycles. The van der Waals surface area contributed by atoms with Crippen LogP contribution in [0, 0.1) is 0 Å². The van der Waals surface area contributed by atoms with Crippen molar-refractivity contribution >= 4 is 26.7 Å². The minimum absolute atomic E-state index is 0.0153. The quantitative estimate of drug-likeness (QED) is 0.311. The second-order valence-electron chi connectivity index (χ2n) is 2.72. The van der Waals surface area contributed by atoms with Crippen molar-refractivity contribution in [2.24, 2.45) is 0 Å². The lowest BCUT2D eigenvalue weighted by Gasteiger charge is -1.94. The first-order chi connectivity index (χ1) is 4.91. The Kier molecular flexibility index (Phi) is 9.85. The Morgan fingerprint density at radius 3 is 2.70 bits per heavy atom.